The molecule has 0 unspecified atom stereocenters. The molecule has 0 saturated carbocycles. The van der Waals surface area contributed by atoms with Crippen molar-refractivity contribution < 1.29 is 4.79 Å². The summed E-state index contributed by atoms with van der Waals surface area (Å²) in [5, 5.41) is 3.15. The van der Waals surface area contributed by atoms with E-state index in [0.717, 1.165) is 18.7 Å². The van der Waals surface area contributed by atoms with Crippen LogP contribution >= 0.6 is 0 Å². The third-order valence-corrected chi connectivity index (χ3v) is 2.13. The standard InChI is InChI=1S/C8H11N3O/c12-8-1-2-10-7(8)3-6-4-9-5-11-6/h4-5,7,10H,1-3H2,(H,9,11)/t7-/m0/s1. The van der Waals surface area contributed by atoms with Gasteiger partial charge in [0.2, 0.25) is 0 Å². The molecule has 1 fully saturated rings. The van der Waals surface area contributed by atoms with Crippen LogP contribution in [0.3, 0.4) is 0 Å². The fourth-order valence-electron chi connectivity index (χ4n) is 1.46. The molecule has 1 saturated heterocycles. The smallest absolute Gasteiger partial charge is 0.151 e. The average Bonchev–Trinajstić information content (AvgIpc) is 2.65. The molecule has 1 aromatic heterocycles. The lowest BCUT2D eigenvalue weighted by molar-refractivity contribution is -0.118. The number of nitrogens with zero attached hydrogens (tertiary/aromatic N) is 1. The van der Waals surface area contributed by atoms with Crippen LogP contribution in [-0.2, 0) is 11.2 Å². The van der Waals surface area contributed by atoms with E-state index in [2.05, 4.69) is 15.3 Å². The summed E-state index contributed by atoms with van der Waals surface area (Å²) in [7, 11) is 0. The van der Waals surface area contributed by atoms with Crippen molar-refractivity contribution in [3.63, 3.8) is 0 Å². The number of rotatable bonds is 2. The second-order valence-corrected chi connectivity index (χ2v) is 3.00. The number of ketones is 1. The first-order valence-corrected chi connectivity index (χ1v) is 4.09. The van der Waals surface area contributed by atoms with Gasteiger partial charge in [-0.25, -0.2) is 4.98 Å². The molecule has 4 heteroatoms. The van der Waals surface area contributed by atoms with Crippen LogP contribution < -0.4 is 5.32 Å². The molecule has 12 heavy (non-hydrogen) atoms. The van der Waals surface area contributed by atoms with Gasteiger partial charge < -0.3 is 10.3 Å². The summed E-state index contributed by atoms with van der Waals surface area (Å²) in [5.74, 6) is 0.310. The predicted octanol–water partition coefficient (Wildman–Crippen LogP) is -0.117. The summed E-state index contributed by atoms with van der Waals surface area (Å²) in [5.41, 5.74) is 1.02. The first-order valence-electron chi connectivity index (χ1n) is 4.09. The Hall–Kier alpha value is -1.16. The maximum atomic E-state index is 11.2. The van der Waals surface area contributed by atoms with E-state index in [4.69, 9.17) is 0 Å². The van der Waals surface area contributed by atoms with Gasteiger partial charge in [-0.15, -0.1) is 0 Å². The van der Waals surface area contributed by atoms with Gasteiger partial charge in [-0.2, -0.15) is 0 Å². The third-order valence-electron chi connectivity index (χ3n) is 2.13. The molecule has 1 atom stereocenters. The summed E-state index contributed by atoms with van der Waals surface area (Å²) in [6.07, 6.45) is 4.79. The second kappa shape index (κ2) is 3.06. The molecule has 0 radical (unpaired) electrons. The first-order chi connectivity index (χ1) is 5.86. The van der Waals surface area contributed by atoms with Crippen LogP contribution in [0.2, 0.25) is 0 Å². The molecule has 64 valence electrons. The number of Topliss-reactive ketones (excluding diaryl/α,β-unsaturated/α-hetero) is 1. The van der Waals surface area contributed by atoms with Crippen LogP contribution in [0.25, 0.3) is 0 Å². The predicted molar refractivity (Wildman–Crippen MR) is 43.7 cm³/mol. The maximum absolute atomic E-state index is 11.2. The van der Waals surface area contributed by atoms with E-state index in [0.29, 0.717) is 12.2 Å². The molecule has 2 N–H and O–H groups in total. The zero-order chi connectivity index (χ0) is 8.39. The molecule has 0 aromatic carbocycles. The Kier molecular flexibility index (Phi) is 1.91. The first kappa shape index (κ1) is 7.49. The minimum Gasteiger partial charge on any atom is -0.348 e. The minimum atomic E-state index is 0.00505. The van der Waals surface area contributed by atoms with E-state index < -0.39 is 0 Å². The van der Waals surface area contributed by atoms with Gasteiger partial charge >= 0.3 is 0 Å². The van der Waals surface area contributed by atoms with Gasteiger partial charge in [0.05, 0.1) is 12.4 Å². The van der Waals surface area contributed by atoms with Crippen molar-refractivity contribution in [2.75, 3.05) is 6.54 Å². The number of hydrogen-bond acceptors (Lipinski definition) is 3. The summed E-state index contributed by atoms with van der Waals surface area (Å²) in [4.78, 5) is 18.1. The number of imidazole rings is 1. The lowest BCUT2D eigenvalue weighted by Crippen LogP contribution is -2.29. The fraction of sp³-hybridized carbons (Fsp3) is 0.500. The number of carbonyl (C=O) groups is 1. The van der Waals surface area contributed by atoms with Gasteiger partial charge in [0.1, 0.15) is 0 Å². The van der Waals surface area contributed by atoms with E-state index in [9.17, 15) is 4.79 Å². The van der Waals surface area contributed by atoms with Crippen LogP contribution in [0.4, 0.5) is 0 Å². The molecule has 0 bridgehead atoms. The second-order valence-electron chi connectivity index (χ2n) is 3.00. The summed E-state index contributed by atoms with van der Waals surface area (Å²) < 4.78 is 0. The van der Waals surface area contributed by atoms with Gasteiger partial charge in [0, 0.05) is 31.3 Å². The van der Waals surface area contributed by atoms with Crippen molar-refractivity contribution in [3.05, 3.63) is 18.2 Å². The van der Waals surface area contributed by atoms with Gasteiger partial charge in [0.25, 0.3) is 0 Å². The van der Waals surface area contributed by atoms with Crippen LogP contribution in [0.5, 0.6) is 0 Å². The monoisotopic (exact) mass is 165 g/mol. The highest BCUT2D eigenvalue weighted by molar-refractivity contribution is 5.86. The molecular formula is C8H11N3O. The Morgan fingerprint density at radius 3 is 3.17 bits per heavy atom. The van der Waals surface area contributed by atoms with Gasteiger partial charge in [-0.3, -0.25) is 4.79 Å². The topological polar surface area (TPSA) is 57.8 Å². The summed E-state index contributed by atoms with van der Waals surface area (Å²) >= 11 is 0. The van der Waals surface area contributed by atoms with Crippen LogP contribution in [-0.4, -0.2) is 28.3 Å². The van der Waals surface area contributed by atoms with Crippen molar-refractivity contribution in [3.8, 4) is 0 Å². The summed E-state index contributed by atoms with van der Waals surface area (Å²) in [6.45, 7) is 0.817. The average molecular weight is 165 g/mol. The van der Waals surface area contributed by atoms with E-state index >= 15 is 0 Å². The van der Waals surface area contributed by atoms with E-state index in [1.807, 2.05) is 0 Å². The largest absolute Gasteiger partial charge is 0.348 e. The van der Waals surface area contributed by atoms with Gasteiger partial charge in [0.15, 0.2) is 5.78 Å². The van der Waals surface area contributed by atoms with Crippen LogP contribution in [0.15, 0.2) is 12.5 Å². The maximum Gasteiger partial charge on any atom is 0.151 e. The lowest BCUT2D eigenvalue weighted by atomic mass is 10.1. The van der Waals surface area contributed by atoms with Gasteiger partial charge in [-0.05, 0) is 0 Å². The number of aromatic amines is 1. The highest BCUT2D eigenvalue weighted by Crippen LogP contribution is 2.06. The molecular weight excluding hydrogens is 154 g/mol. The Labute approximate surface area is 70.4 Å². The molecule has 0 aliphatic carbocycles. The highest BCUT2D eigenvalue weighted by Gasteiger charge is 2.23. The van der Waals surface area contributed by atoms with Crippen molar-refractivity contribution >= 4 is 5.78 Å². The molecule has 1 aliphatic heterocycles. The molecule has 0 amide bonds. The Morgan fingerprint density at radius 1 is 1.67 bits per heavy atom. The molecule has 1 aliphatic rings. The Morgan fingerprint density at radius 2 is 2.58 bits per heavy atom. The number of nitrogens with one attached hydrogen (secondary N) is 2. The van der Waals surface area contributed by atoms with Crippen LogP contribution in [0.1, 0.15) is 12.1 Å². The fourth-order valence-corrected chi connectivity index (χ4v) is 1.46. The third kappa shape index (κ3) is 1.38. The quantitative estimate of drug-likeness (QED) is 0.642. The Balaban J connectivity index is 1.99. The van der Waals surface area contributed by atoms with Crippen molar-refractivity contribution in [2.24, 2.45) is 0 Å². The van der Waals surface area contributed by atoms with Crippen molar-refractivity contribution in [1.82, 2.24) is 15.3 Å². The SMILES string of the molecule is O=C1CCN[C@H]1Cc1cnc[nH]1. The molecule has 2 heterocycles. The number of aromatic nitrogens is 2. The zero-order valence-corrected chi connectivity index (χ0v) is 6.71. The van der Waals surface area contributed by atoms with Crippen LogP contribution in [0, 0.1) is 0 Å². The molecule has 0 spiro atoms. The Bertz CT molecular complexity index is 268. The van der Waals surface area contributed by atoms with E-state index in [-0.39, 0.29) is 6.04 Å². The minimum absolute atomic E-state index is 0.00505. The number of H-pyrrole nitrogens is 1. The summed E-state index contributed by atoms with van der Waals surface area (Å²) in [6, 6.07) is 0.00505. The highest BCUT2D eigenvalue weighted by atomic mass is 16.1. The molecule has 2 rings (SSSR count). The molecule has 1 aromatic rings. The van der Waals surface area contributed by atoms with Gasteiger partial charge in [-0.1, -0.05) is 0 Å². The normalized spacial score (nSPS) is 23.3. The lowest BCUT2D eigenvalue weighted by Gasteiger charge is -2.05. The van der Waals surface area contributed by atoms with E-state index in [1.54, 1.807) is 12.5 Å². The van der Waals surface area contributed by atoms with E-state index in [1.165, 1.54) is 0 Å². The van der Waals surface area contributed by atoms with Crippen molar-refractivity contribution in [1.29, 1.82) is 0 Å². The molecule has 4 nitrogen and oxygen atoms in total. The number of hydrogen-bond donors (Lipinski definition) is 2. The zero-order valence-electron chi connectivity index (χ0n) is 6.71. The number of carbonyl (C=O) groups excluding carboxylic acids is 1. The van der Waals surface area contributed by atoms with Crippen molar-refractivity contribution in [2.45, 2.75) is 18.9 Å².